The zero-order valence-electron chi connectivity index (χ0n) is 16.6. The maximum absolute atomic E-state index is 13.4. The lowest BCUT2D eigenvalue weighted by Crippen LogP contribution is -2.32. The molecule has 9 heteroatoms. The van der Waals surface area contributed by atoms with Crippen LogP contribution < -0.4 is 5.56 Å². The van der Waals surface area contributed by atoms with Crippen molar-refractivity contribution in [3.05, 3.63) is 59.0 Å². The topological polar surface area (TPSA) is 108 Å². The molecule has 0 unspecified atom stereocenters. The molecule has 1 N–H and O–H groups in total. The van der Waals surface area contributed by atoms with Gasteiger partial charge in [-0.05, 0) is 24.6 Å². The highest BCUT2D eigenvalue weighted by atomic mass is 16.5. The van der Waals surface area contributed by atoms with E-state index in [-0.39, 0.29) is 18.8 Å². The van der Waals surface area contributed by atoms with Gasteiger partial charge in [0.15, 0.2) is 0 Å². The Bertz CT molecular complexity index is 1290. The van der Waals surface area contributed by atoms with Gasteiger partial charge >= 0.3 is 0 Å². The molecule has 4 aromatic heterocycles. The largest absolute Gasteiger partial charge is 0.388 e. The molecule has 5 heterocycles. The number of fused-ring (bicyclic) bond motifs is 1. The minimum Gasteiger partial charge on any atom is -0.388 e. The summed E-state index contributed by atoms with van der Waals surface area (Å²) in [5.74, 6) is 0. The molecule has 30 heavy (non-hydrogen) atoms. The number of aliphatic hydroxyl groups excluding tert-OH is 1. The van der Waals surface area contributed by atoms with Crippen molar-refractivity contribution in [2.24, 2.45) is 7.05 Å². The molecule has 9 nitrogen and oxygen atoms in total. The summed E-state index contributed by atoms with van der Waals surface area (Å²) in [7, 11) is 1.82. The number of ether oxygens (including phenoxy) is 1. The lowest BCUT2D eigenvalue weighted by atomic mass is 10.1. The van der Waals surface area contributed by atoms with Crippen molar-refractivity contribution in [2.75, 3.05) is 13.2 Å². The number of rotatable bonds is 3. The Balaban J connectivity index is 1.78. The van der Waals surface area contributed by atoms with Gasteiger partial charge in [0.05, 0.1) is 48.6 Å². The Morgan fingerprint density at radius 3 is 2.70 bits per heavy atom. The van der Waals surface area contributed by atoms with Gasteiger partial charge in [0.25, 0.3) is 5.56 Å². The molecule has 0 amide bonds. The van der Waals surface area contributed by atoms with Crippen LogP contribution in [0.1, 0.15) is 11.6 Å². The average molecular weight is 404 g/mol. The zero-order chi connectivity index (χ0) is 20.8. The normalized spacial score (nSPS) is 18.9. The Labute approximate surface area is 171 Å². The van der Waals surface area contributed by atoms with E-state index in [1.165, 1.54) is 10.9 Å². The molecular weight excluding hydrogens is 384 g/mol. The van der Waals surface area contributed by atoms with Crippen molar-refractivity contribution in [1.82, 2.24) is 29.3 Å². The molecule has 0 aliphatic carbocycles. The summed E-state index contributed by atoms with van der Waals surface area (Å²) >= 11 is 0. The summed E-state index contributed by atoms with van der Waals surface area (Å²) in [5, 5.41) is 14.8. The standard InChI is InChI=1S/C21H20N6O3/c1-12-3-4-15(22-6-12)16-5-14-20(19(25-16)13-7-24-26(2)8-13)23-11-27(21(14)29)17-9-30-10-18(17)28/h3-8,11,17-18,28H,9-10H2,1-2H3/t17-,18+/m0/s1. The van der Waals surface area contributed by atoms with Gasteiger partial charge in [0.1, 0.15) is 17.3 Å². The van der Waals surface area contributed by atoms with E-state index in [1.54, 1.807) is 23.1 Å². The van der Waals surface area contributed by atoms with Crippen LogP contribution in [0.4, 0.5) is 0 Å². The molecule has 0 bridgehead atoms. The van der Waals surface area contributed by atoms with Crippen LogP contribution >= 0.6 is 0 Å². The van der Waals surface area contributed by atoms with Crippen molar-refractivity contribution in [2.45, 2.75) is 19.1 Å². The smallest absolute Gasteiger partial charge is 0.261 e. The SMILES string of the molecule is Cc1ccc(-c2cc3c(=O)n([C@H]4COC[C@H]4O)cnc3c(-c3cnn(C)c3)n2)nc1. The Morgan fingerprint density at radius 2 is 2.03 bits per heavy atom. The number of hydrogen-bond donors (Lipinski definition) is 1. The number of nitrogens with zero attached hydrogens (tertiary/aromatic N) is 6. The number of aryl methyl sites for hydroxylation is 2. The van der Waals surface area contributed by atoms with Crippen LogP contribution in [-0.4, -0.2) is 53.7 Å². The summed E-state index contributed by atoms with van der Waals surface area (Å²) in [6.07, 6.45) is 5.99. The fourth-order valence-electron chi connectivity index (χ4n) is 3.67. The van der Waals surface area contributed by atoms with Gasteiger partial charge in [-0.25, -0.2) is 9.97 Å². The highest BCUT2D eigenvalue weighted by Crippen LogP contribution is 2.28. The lowest BCUT2D eigenvalue weighted by molar-refractivity contribution is 0.119. The van der Waals surface area contributed by atoms with Gasteiger partial charge in [-0.3, -0.25) is 19.0 Å². The van der Waals surface area contributed by atoms with Gasteiger partial charge < -0.3 is 9.84 Å². The summed E-state index contributed by atoms with van der Waals surface area (Å²) in [6.45, 7) is 2.43. The molecule has 0 radical (unpaired) electrons. The summed E-state index contributed by atoms with van der Waals surface area (Å²) in [5.41, 5.74) is 3.80. The van der Waals surface area contributed by atoms with Gasteiger partial charge in [0, 0.05) is 25.0 Å². The van der Waals surface area contributed by atoms with Crippen molar-refractivity contribution in [1.29, 1.82) is 0 Å². The van der Waals surface area contributed by atoms with E-state index in [2.05, 4.69) is 15.1 Å². The first-order valence-electron chi connectivity index (χ1n) is 9.61. The second-order valence-electron chi connectivity index (χ2n) is 7.50. The zero-order valence-corrected chi connectivity index (χ0v) is 16.6. The predicted octanol–water partition coefficient (Wildman–Crippen LogP) is 1.49. The molecule has 2 atom stereocenters. The number of aliphatic hydroxyl groups is 1. The van der Waals surface area contributed by atoms with Crippen LogP contribution in [0.2, 0.25) is 0 Å². The van der Waals surface area contributed by atoms with Gasteiger partial charge in [-0.2, -0.15) is 5.10 Å². The van der Waals surface area contributed by atoms with Gasteiger partial charge in [0.2, 0.25) is 0 Å². The second-order valence-corrected chi connectivity index (χ2v) is 7.50. The molecule has 5 rings (SSSR count). The summed E-state index contributed by atoms with van der Waals surface area (Å²) in [6, 6.07) is 5.07. The first kappa shape index (κ1) is 18.6. The quantitative estimate of drug-likeness (QED) is 0.551. The molecule has 0 spiro atoms. The molecule has 152 valence electrons. The predicted molar refractivity (Wildman–Crippen MR) is 110 cm³/mol. The van der Waals surface area contributed by atoms with Crippen LogP contribution in [0.15, 0.2) is 47.9 Å². The van der Waals surface area contributed by atoms with Gasteiger partial charge in [-0.15, -0.1) is 0 Å². The second kappa shape index (κ2) is 7.12. The number of aromatic nitrogens is 6. The molecule has 1 aliphatic heterocycles. The maximum Gasteiger partial charge on any atom is 0.261 e. The molecule has 4 aromatic rings. The minimum absolute atomic E-state index is 0.199. The van der Waals surface area contributed by atoms with E-state index in [0.29, 0.717) is 28.0 Å². The molecule has 0 aromatic carbocycles. The minimum atomic E-state index is -0.750. The molecule has 0 saturated carbocycles. The maximum atomic E-state index is 13.4. The highest BCUT2D eigenvalue weighted by Gasteiger charge is 2.29. The van der Waals surface area contributed by atoms with E-state index in [0.717, 1.165) is 11.1 Å². The number of hydrogen-bond acceptors (Lipinski definition) is 7. The third kappa shape index (κ3) is 3.08. The van der Waals surface area contributed by atoms with Crippen LogP contribution in [0, 0.1) is 6.92 Å². The van der Waals surface area contributed by atoms with E-state index >= 15 is 0 Å². The monoisotopic (exact) mass is 404 g/mol. The van der Waals surface area contributed by atoms with E-state index < -0.39 is 12.1 Å². The third-order valence-electron chi connectivity index (χ3n) is 5.30. The Morgan fingerprint density at radius 1 is 1.17 bits per heavy atom. The van der Waals surface area contributed by atoms with E-state index in [9.17, 15) is 9.90 Å². The van der Waals surface area contributed by atoms with Crippen molar-refractivity contribution < 1.29 is 9.84 Å². The highest BCUT2D eigenvalue weighted by molar-refractivity contribution is 5.93. The van der Waals surface area contributed by atoms with Gasteiger partial charge in [-0.1, -0.05) is 6.07 Å². The molecule has 1 fully saturated rings. The lowest BCUT2D eigenvalue weighted by Gasteiger charge is -2.16. The number of pyridine rings is 2. The van der Waals surface area contributed by atoms with E-state index in [4.69, 9.17) is 9.72 Å². The van der Waals surface area contributed by atoms with Crippen molar-refractivity contribution in [3.63, 3.8) is 0 Å². The fourth-order valence-corrected chi connectivity index (χ4v) is 3.67. The molecular formula is C21H20N6O3. The van der Waals surface area contributed by atoms with Crippen LogP contribution in [-0.2, 0) is 11.8 Å². The average Bonchev–Trinajstić information content (AvgIpc) is 3.36. The third-order valence-corrected chi connectivity index (χ3v) is 5.30. The van der Waals surface area contributed by atoms with Crippen molar-refractivity contribution >= 4 is 10.9 Å². The van der Waals surface area contributed by atoms with Crippen LogP contribution in [0.25, 0.3) is 33.5 Å². The molecule has 1 aliphatic rings. The summed E-state index contributed by atoms with van der Waals surface area (Å²) < 4.78 is 8.44. The fraction of sp³-hybridized carbons (Fsp3) is 0.286. The van der Waals surface area contributed by atoms with Crippen LogP contribution in [0.5, 0.6) is 0 Å². The molecule has 1 saturated heterocycles. The summed E-state index contributed by atoms with van der Waals surface area (Å²) in [4.78, 5) is 27.1. The Kier molecular flexibility index (Phi) is 4.41. The first-order chi connectivity index (χ1) is 14.5. The van der Waals surface area contributed by atoms with E-state index in [1.807, 2.05) is 32.3 Å². The first-order valence-corrected chi connectivity index (χ1v) is 9.61. The van der Waals surface area contributed by atoms with Crippen molar-refractivity contribution in [3.8, 4) is 22.6 Å². The Hall–Kier alpha value is -3.43. The van der Waals surface area contributed by atoms with Crippen LogP contribution in [0.3, 0.4) is 0 Å².